The van der Waals surface area contributed by atoms with Crippen LogP contribution in [0.1, 0.15) is 12.2 Å². The zero-order valence-corrected chi connectivity index (χ0v) is 14.2. The lowest BCUT2D eigenvalue weighted by atomic mass is 10.2. The number of amides is 1. The number of nitrogens with one attached hydrogen (secondary N) is 1. The molecule has 7 nitrogen and oxygen atoms in total. The molecule has 1 saturated heterocycles. The van der Waals surface area contributed by atoms with Gasteiger partial charge in [-0.1, -0.05) is 6.07 Å². The highest BCUT2D eigenvalue weighted by atomic mass is 19.1. The number of benzene rings is 1. The first kappa shape index (κ1) is 16.4. The van der Waals surface area contributed by atoms with Crippen LogP contribution in [0.15, 0.2) is 24.4 Å². The molecule has 1 aliphatic rings. The maximum atomic E-state index is 14.0. The van der Waals surface area contributed by atoms with Gasteiger partial charge in [0.2, 0.25) is 5.91 Å². The molecular weight excluding hydrogens is 342 g/mol. The molecule has 1 N–H and O–H groups in total. The monoisotopic (exact) mass is 358 g/mol. The van der Waals surface area contributed by atoms with E-state index in [9.17, 15) is 13.6 Å². The van der Waals surface area contributed by atoms with E-state index in [-0.39, 0.29) is 30.6 Å². The van der Waals surface area contributed by atoms with Crippen molar-refractivity contribution in [1.29, 1.82) is 0 Å². The normalized spacial score (nSPS) is 17.3. The summed E-state index contributed by atoms with van der Waals surface area (Å²) in [5.74, 6) is -0.753. The Morgan fingerprint density at radius 3 is 2.69 bits per heavy atom. The zero-order valence-electron chi connectivity index (χ0n) is 14.2. The molecule has 3 heterocycles. The van der Waals surface area contributed by atoms with Crippen LogP contribution in [0.4, 0.5) is 20.3 Å². The van der Waals surface area contributed by atoms with E-state index < -0.39 is 11.6 Å². The molecule has 4 rings (SSSR count). The Morgan fingerprint density at radius 1 is 1.23 bits per heavy atom. The number of carbonyl (C=O) groups is 1. The van der Waals surface area contributed by atoms with Crippen LogP contribution < -0.4 is 10.2 Å². The Labute approximate surface area is 147 Å². The van der Waals surface area contributed by atoms with Gasteiger partial charge < -0.3 is 10.2 Å². The molecule has 0 saturated carbocycles. The molecule has 0 aliphatic carbocycles. The number of anilines is 2. The largest absolute Gasteiger partial charge is 0.364 e. The number of aryl methyl sites for hydroxylation is 2. The summed E-state index contributed by atoms with van der Waals surface area (Å²) in [6, 6.07) is 3.21. The number of aromatic nitrogens is 4. The van der Waals surface area contributed by atoms with E-state index in [1.807, 2.05) is 0 Å². The van der Waals surface area contributed by atoms with Gasteiger partial charge >= 0.3 is 0 Å². The maximum Gasteiger partial charge on any atom is 0.229 e. The van der Waals surface area contributed by atoms with Crippen molar-refractivity contribution >= 4 is 28.4 Å². The quantitative estimate of drug-likeness (QED) is 0.777. The van der Waals surface area contributed by atoms with Gasteiger partial charge in [-0.25, -0.2) is 18.7 Å². The number of hydrogen-bond donors (Lipinski definition) is 1. The number of hydrogen-bond acceptors (Lipinski definition) is 5. The Bertz CT molecular complexity index is 998. The summed E-state index contributed by atoms with van der Waals surface area (Å²) in [6.07, 6.45) is 1.75. The summed E-state index contributed by atoms with van der Waals surface area (Å²) >= 11 is 0. The molecule has 0 bridgehead atoms. The molecule has 134 valence electrons. The van der Waals surface area contributed by atoms with Crippen molar-refractivity contribution in [2.45, 2.75) is 19.4 Å². The summed E-state index contributed by atoms with van der Waals surface area (Å²) in [7, 11) is 1.78. The lowest BCUT2D eigenvalue weighted by Gasteiger charge is -2.19. The predicted octanol–water partition coefficient (Wildman–Crippen LogP) is 2.17. The van der Waals surface area contributed by atoms with E-state index in [0.717, 1.165) is 22.4 Å². The second-order valence-electron chi connectivity index (χ2n) is 6.24. The van der Waals surface area contributed by atoms with Gasteiger partial charge in [0.25, 0.3) is 0 Å². The molecule has 1 amide bonds. The van der Waals surface area contributed by atoms with Gasteiger partial charge in [0.15, 0.2) is 5.65 Å². The minimum absolute atomic E-state index is 0.110. The first-order valence-electron chi connectivity index (χ1n) is 8.11. The van der Waals surface area contributed by atoms with Crippen molar-refractivity contribution in [3.63, 3.8) is 0 Å². The van der Waals surface area contributed by atoms with Gasteiger partial charge in [-0.3, -0.25) is 9.48 Å². The highest BCUT2D eigenvalue weighted by molar-refractivity contribution is 5.97. The van der Waals surface area contributed by atoms with Crippen LogP contribution in [0.2, 0.25) is 0 Å². The standard InChI is InChI=1S/C17H16F2N6O/c1-9-21-16(11-7-20-24(2)17(11)22-9)23-10-6-14(26)25(8-10)15-12(18)4-3-5-13(15)19/h3-5,7,10H,6,8H2,1-2H3,(H,21,22,23). The van der Waals surface area contributed by atoms with Crippen molar-refractivity contribution in [3.8, 4) is 0 Å². The van der Waals surface area contributed by atoms with E-state index >= 15 is 0 Å². The highest BCUT2D eigenvalue weighted by Gasteiger charge is 2.34. The second kappa shape index (κ2) is 6.01. The van der Waals surface area contributed by atoms with Crippen LogP contribution in [-0.4, -0.2) is 38.2 Å². The Hall–Kier alpha value is -3.10. The van der Waals surface area contributed by atoms with Gasteiger partial charge in [-0.05, 0) is 19.1 Å². The van der Waals surface area contributed by atoms with E-state index in [1.165, 1.54) is 6.07 Å². The molecule has 0 spiro atoms. The summed E-state index contributed by atoms with van der Waals surface area (Å²) < 4.78 is 29.7. The van der Waals surface area contributed by atoms with E-state index in [0.29, 0.717) is 17.3 Å². The Balaban J connectivity index is 1.63. The first-order chi connectivity index (χ1) is 12.4. The second-order valence-corrected chi connectivity index (χ2v) is 6.24. The van der Waals surface area contributed by atoms with Crippen molar-refractivity contribution in [3.05, 3.63) is 41.9 Å². The van der Waals surface area contributed by atoms with Crippen LogP contribution in [-0.2, 0) is 11.8 Å². The zero-order chi connectivity index (χ0) is 18.4. The van der Waals surface area contributed by atoms with Crippen molar-refractivity contribution in [2.24, 2.45) is 7.05 Å². The van der Waals surface area contributed by atoms with Crippen LogP contribution in [0, 0.1) is 18.6 Å². The summed E-state index contributed by atoms with van der Waals surface area (Å²) in [5, 5.41) is 8.09. The molecule has 1 aliphatic heterocycles. The molecule has 26 heavy (non-hydrogen) atoms. The number of nitrogens with zero attached hydrogens (tertiary/aromatic N) is 5. The predicted molar refractivity (Wildman–Crippen MR) is 91.8 cm³/mol. The van der Waals surface area contributed by atoms with Gasteiger partial charge in [-0.15, -0.1) is 0 Å². The minimum atomic E-state index is -0.758. The lowest BCUT2D eigenvalue weighted by Crippen LogP contribution is -2.29. The highest BCUT2D eigenvalue weighted by Crippen LogP contribution is 2.29. The minimum Gasteiger partial charge on any atom is -0.364 e. The molecule has 0 radical (unpaired) electrons. The number of fused-ring (bicyclic) bond motifs is 1. The molecule has 1 atom stereocenters. The van der Waals surface area contributed by atoms with Gasteiger partial charge in [0.05, 0.1) is 17.6 Å². The third-order valence-electron chi connectivity index (χ3n) is 4.38. The number of para-hydroxylation sites is 1. The van der Waals surface area contributed by atoms with Gasteiger partial charge in [0.1, 0.15) is 29.0 Å². The summed E-state index contributed by atoms with van der Waals surface area (Å²) in [5.41, 5.74) is 0.355. The van der Waals surface area contributed by atoms with Crippen molar-refractivity contribution < 1.29 is 13.6 Å². The van der Waals surface area contributed by atoms with E-state index in [1.54, 1.807) is 24.9 Å². The third-order valence-corrected chi connectivity index (χ3v) is 4.38. The average molecular weight is 358 g/mol. The Morgan fingerprint density at radius 2 is 1.96 bits per heavy atom. The number of carbonyl (C=O) groups excluding carboxylic acids is 1. The summed E-state index contributed by atoms with van der Waals surface area (Å²) in [6.45, 7) is 1.90. The molecule has 1 unspecified atom stereocenters. The van der Waals surface area contributed by atoms with Crippen LogP contribution >= 0.6 is 0 Å². The van der Waals surface area contributed by atoms with Crippen LogP contribution in [0.3, 0.4) is 0 Å². The van der Waals surface area contributed by atoms with Gasteiger partial charge in [-0.2, -0.15) is 5.10 Å². The summed E-state index contributed by atoms with van der Waals surface area (Å²) in [4.78, 5) is 22.2. The molecule has 9 heteroatoms. The lowest BCUT2D eigenvalue weighted by molar-refractivity contribution is -0.117. The maximum absolute atomic E-state index is 14.0. The number of halogens is 2. The molecular formula is C17H16F2N6O. The van der Waals surface area contributed by atoms with Crippen LogP contribution in [0.5, 0.6) is 0 Å². The SMILES string of the molecule is Cc1nc(NC2CC(=O)N(c3c(F)cccc3F)C2)c2cnn(C)c2n1. The first-order valence-corrected chi connectivity index (χ1v) is 8.11. The van der Waals surface area contributed by atoms with Crippen molar-refractivity contribution in [2.75, 3.05) is 16.8 Å². The molecule has 2 aromatic heterocycles. The topological polar surface area (TPSA) is 75.9 Å². The van der Waals surface area contributed by atoms with E-state index in [2.05, 4.69) is 20.4 Å². The number of rotatable bonds is 3. The fourth-order valence-electron chi connectivity index (χ4n) is 3.20. The average Bonchev–Trinajstić information content (AvgIpc) is 3.11. The van der Waals surface area contributed by atoms with E-state index in [4.69, 9.17) is 0 Å². The molecule has 1 fully saturated rings. The fraction of sp³-hybridized carbons (Fsp3) is 0.294. The smallest absolute Gasteiger partial charge is 0.229 e. The van der Waals surface area contributed by atoms with Gasteiger partial charge in [0, 0.05) is 20.0 Å². The third kappa shape index (κ3) is 2.65. The Kier molecular flexibility index (Phi) is 3.78. The molecule has 1 aromatic carbocycles. The van der Waals surface area contributed by atoms with Crippen molar-refractivity contribution in [1.82, 2.24) is 19.7 Å². The van der Waals surface area contributed by atoms with Crippen LogP contribution in [0.25, 0.3) is 11.0 Å². The molecule has 3 aromatic rings. The fourth-order valence-corrected chi connectivity index (χ4v) is 3.20.